The summed E-state index contributed by atoms with van der Waals surface area (Å²) in [5, 5.41) is 4.77. The summed E-state index contributed by atoms with van der Waals surface area (Å²) in [5.74, 6) is 0. The third kappa shape index (κ3) is 5.06. The van der Waals surface area contributed by atoms with Crippen LogP contribution in [0.3, 0.4) is 0 Å². The monoisotopic (exact) mass is 369 g/mol. The minimum absolute atomic E-state index is 0.307. The highest BCUT2D eigenvalue weighted by Gasteiger charge is 2.13. The SMILES string of the molecule is CCCCc1ccc(S(=O)(=O)NCCCn2ncc(Cl)c2C)cc1. The van der Waals surface area contributed by atoms with Crippen LogP contribution >= 0.6 is 11.6 Å². The number of rotatable bonds is 9. The van der Waals surface area contributed by atoms with Crippen molar-refractivity contribution in [2.24, 2.45) is 0 Å². The molecule has 24 heavy (non-hydrogen) atoms. The molecule has 1 aromatic heterocycles. The second-order valence-electron chi connectivity index (χ2n) is 5.80. The van der Waals surface area contributed by atoms with Crippen molar-refractivity contribution in [2.75, 3.05) is 6.54 Å². The first-order valence-corrected chi connectivity index (χ1v) is 10.1. The van der Waals surface area contributed by atoms with Gasteiger partial charge in [0.15, 0.2) is 0 Å². The maximum atomic E-state index is 12.3. The lowest BCUT2D eigenvalue weighted by Gasteiger charge is -2.08. The summed E-state index contributed by atoms with van der Waals surface area (Å²) in [6.07, 6.45) is 5.47. The first-order valence-electron chi connectivity index (χ1n) is 8.20. The zero-order chi connectivity index (χ0) is 17.6. The van der Waals surface area contributed by atoms with Crippen LogP contribution in [0.25, 0.3) is 0 Å². The van der Waals surface area contributed by atoms with Crippen LogP contribution in [-0.2, 0) is 23.0 Å². The largest absolute Gasteiger partial charge is 0.268 e. The zero-order valence-corrected chi connectivity index (χ0v) is 15.7. The fourth-order valence-corrected chi connectivity index (χ4v) is 3.60. The lowest BCUT2D eigenvalue weighted by atomic mass is 10.1. The van der Waals surface area contributed by atoms with Crippen molar-refractivity contribution in [3.05, 3.63) is 46.7 Å². The Labute approximate surface area is 149 Å². The van der Waals surface area contributed by atoms with Crippen molar-refractivity contribution >= 4 is 21.6 Å². The Morgan fingerprint density at radius 1 is 1.21 bits per heavy atom. The van der Waals surface area contributed by atoms with Gasteiger partial charge in [0.2, 0.25) is 10.0 Å². The summed E-state index contributed by atoms with van der Waals surface area (Å²) in [4.78, 5) is 0.307. The summed E-state index contributed by atoms with van der Waals surface area (Å²) in [6.45, 7) is 5.01. The van der Waals surface area contributed by atoms with Gasteiger partial charge in [0.1, 0.15) is 0 Å². The van der Waals surface area contributed by atoms with Gasteiger partial charge in [0, 0.05) is 13.1 Å². The molecule has 1 aromatic carbocycles. The molecular formula is C17H24ClN3O2S. The van der Waals surface area contributed by atoms with Crippen LogP contribution in [0.1, 0.15) is 37.4 Å². The molecule has 1 N–H and O–H groups in total. The number of hydrogen-bond acceptors (Lipinski definition) is 3. The Hall–Kier alpha value is -1.37. The van der Waals surface area contributed by atoms with Gasteiger partial charge < -0.3 is 0 Å². The van der Waals surface area contributed by atoms with Crippen molar-refractivity contribution in [3.8, 4) is 0 Å². The summed E-state index contributed by atoms with van der Waals surface area (Å²) in [6, 6.07) is 7.12. The second-order valence-corrected chi connectivity index (χ2v) is 7.97. The molecule has 0 aliphatic carbocycles. The lowest BCUT2D eigenvalue weighted by molar-refractivity contribution is 0.546. The first-order chi connectivity index (χ1) is 11.4. The maximum Gasteiger partial charge on any atom is 0.240 e. The van der Waals surface area contributed by atoms with Crippen LogP contribution in [0.5, 0.6) is 0 Å². The van der Waals surface area contributed by atoms with Gasteiger partial charge in [-0.3, -0.25) is 4.68 Å². The molecule has 0 amide bonds. The van der Waals surface area contributed by atoms with E-state index in [0.717, 1.165) is 25.0 Å². The number of nitrogens with one attached hydrogen (secondary N) is 1. The average Bonchev–Trinajstić information content (AvgIpc) is 2.89. The minimum Gasteiger partial charge on any atom is -0.268 e. The molecule has 0 bridgehead atoms. The summed E-state index contributed by atoms with van der Waals surface area (Å²) in [5.41, 5.74) is 2.06. The van der Waals surface area contributed by atoms with Crippen molar-refractivity contribution in [1.29, 1.82) is 0 Å². The van der Waals surface area contributed by atoms with Crippen LogP contribution in [0.15, 0.2) is 35.4 Å². The third-order valence-electron chi connectivity index (χ3n) is 3.93. The van der Waals surface area contributed by atoms with Crippen molar-refractivity contribution in [1.82, 2.24) is 14.5 Å². The summed E-state index contributed by atoms with van der Waals surface area (Å²) in [7, 11) is -3.46. The molecule has 0 radical (unpaired) electrons. The Kier molecular flexibility index (Phi) is 6.83. The third-order valence-corrected chi connectivity index (χ3v) is 5.78. The van der Waals surface area contributed by atoms with Crippen molar-refractivity contribution in [2.45, 2.75) is 51.0 Å². The minimum atomic E-state index is -3.46. The van der Waals surface area contributed by atoms with Gasteiger partial charge >= 0.3 is 0 Å². The highest BCUT2D eigenvalue weighted by molar-refractivity contribution is 7.89. The number of nitrogens with zero attached hydrogens (tertiary/aromatic N) is 2. The van der Waals surface area contributed by atoms with Gasteiger partial charge in [-0.1, -0.05) is 37.1 Å². The van der Waals surface area contributed by atoms with E-state index in [4.69, 9.17) is 11.6 Å². The van der Waals surface area contributed by atoms with E-state index >= 15 is 0 Å². The van der Waals surface area contributed by atoms with E-state index < -0.39 is 10.0 Å². The van der Waals surface area contributed by atoms with E-state index in [-0.39, 0.29) is 0 Å². The molecule has 5 nitrogen and oxygen atoms in total. The van der Waals surface area contributed by atoms with Crippen molar-refractivity contribution in [3.63, 3.8) is 0 Å². The topological polar surface area (TPSA) is 64.0 Å². The molecule has 0 fully saturated rings. The average molecular weight is 370 g/mol. The maximum absolute atomic E-state index is 12.3. The predicted molar refractivity (Wildman–Crippen MR) is 96.8 cm³/mol. The zero-order valence-electron chi connectivity index (χ0n) is 14.1. The molecule has 0 atom stereocenters. The van der Waals surface area contributed by atoms with Crippen LogP contribution < -0.4 is 4.72 Å². The predicted octanol–water partition coefficient (Wildman–Crippen LogP) is 3.56. The molecule has 0 spiro atoms. The van der Waals surface area contributed by atoms with E-state index in [0.29, 0.717) is 29.4 Å². The highest BCUT2D eigenvalue weighted by atomic mass is 35.5. The van der Waals surface area contributed by atoms with Crippen LogP contribution in [0.2, 0.25) is 5.02 Å². The van der Waals surface area contributed by atoms with E-state index in [1.54, 1.807) is 23.0 Å². The Morgan fingerprint density at radius 3 is 2.50 bits per heavy atom. The lowest BCUT2D eigenvalue weighted by Crippen LogP contribution is -2.25. The fourth-order valence-electron chi connectivity index (χ4n) is 2.38. The van der Waals surface area contributed by atoms with Gasteiger partial charge in [-0.15, -0.1) is 0 Å². The summed E-state index contributed by atoms with van der Waals surface area (Å²) >= 11 is 5.94. The van der Waals surface area contributed by atoms with Crippen LogP contribution in [-0.4, -0.2) is 24.7 Å². The number of benzene rings is 1. The number of hydrogen-bond donors (Lipinski definition) is 1. The second kappa shape index (κ2) is 8.65. The van der Waals surface area contributed by atoms with E-state index in [9.17, 15) is 8.42 Å². The number of aryl methyl sites for hydroxylation is 2. The Bertz CT molecular complexity index is 755. The first kappa shape index (κ1) is 19.0. The molecule has 1 heterocycles. The molecule has 2 rings (SSSR count). The number of aromatic nitrogens is 2. The van der Waals surface area contributed by atoms with Gasteiger partial charge in [0.05, 0.1) is 21.8 Å². The van der Waals surface area contributed by atoms with Gasteiger partial charge in [0.25, 0.3) is 0 Å². The molecular weight excluding hydrogens is 346 g/mol. The van der Waals surface area contributed by atoms with E-state index in [1.165, 1.54) is 5.56 Å². The molecule has 0 unspecified atom stereocenters. The Balaban J connectivity index is 1.85. The molecule has 0 aliphatic heterocycles. The molecule has 0 saturated heterocycles. The van der Waals surface area contributed by atoms with E-state index in [2.05, 4.69) is 16.7 Å². The normalized spacial score (nSPS) is 11.8. The standard InChI is InChI=1S/C17H24ClN3O2S/c1-3-4-6-15-7-9-16(10-8-15)24(22,23)20-11-5-12-21-14(2)17(18)13-19-21/h7-10,13,20H,3-6,11-12H2,1-2H3. The molecule has 7 heteroatoms. The smallest absolute Gasteiger partial charge is 0.240 e. The van der Waals surface area contributed by atoms with Crippen molar-refractivity contribution < 1.29 is 8.42 Å². The quantitative estimate of drug-likeness (QED) is 0.687. The molecule has 0 aliphatic rings. The van der Waals surface area contributed by atoms with E-state index in [1.807, 2.05) is 19.1 Å². The summed E-state index contributed by atoms with van der Waals surface area (Å²) < 4.78 is 29.0. The number of sulfonamides is 1. The number of halogens is 1. The van der Waals surface area contributed by atoms with Gasteiger partial charge in [-0.2, -0.15) is 5.10 Å². The van der Waals surface area contributed by atoms with Gasteiger partial charge in [-0.05, 0) is 43.9 Å². The highest BCUT2D eigenvalue weighted by Crippen LogP contribution is 2.14. The van der Waals surface area contributed by atoms with Crippen LogP contribution in [0, 0.1) is 6.92 Å². The Morgan fingerprint density at radius 2 is 1.92 bits per heavy atom. The van der Waals surface area contributed by atoms with Crippen LogP contribution in [0.4, 0.5) is 0 Å². The fraction of sp³-hybridized carbons (Fsp3) is 0.471. The van der Waals surface area contributed by atoms with Gasteiger partial charge in [-0.25, -0.2) is 13.1 Å². The molecule has 0 saturated carbocycles. The molecule has 2 aromatic rings. The molecule has 132 valence electrons. The number of unbranched alkanes of at least 4 members (excludes halogenated alkanes) is 1.